The summed E-state index contributed by atoms with van der Waals surface area (Å²) in [4.78, 5) is 14.6. The van der Waals surface area contributed by atoms with Gasteiger partial charge in [0.05, 0.1) is 11.9 Å². The lowest BCUT2D eigenvalue weighted by Gasteiger charge is -2.25. The van der Waals surface area contributed by atoms with Gasteiger partial charge in [0.25, 0.3) is 0 Å². The summed E-state index contributed by atoms with van der Waals surface area (Å²) in [6, 6.07) is 65.1. The molecule has 0 bridgehead atoms. The summed E-state index contributed by atoms with van der Waals surface area (Å²) < 4.78 is 19.4. The van der Waals surface area contributed by atoms with Crippen LogP contribution < -0.4 is 9.80 Å². The molecule has 0 N–H and O–H groups in total. The maximum Gasteiger partial charge on any atom is 0.248 e. The van der Waals surface area contributed by atoms with Crippen LogP contribution in [-0.2, 0) is 0 Å². The molecule has 61 heavy (non-hydrogen) atoms. The van der Waals surface area contributed by atoms with Crippen molar-refractivity contribution < 1.29 is 13.3 Å². The number of para-hydroxylation sites is 2. The van der Waals surface area contributed by atoms with Crippen molar-refractivity contribution in [3.8, 4) is 0 Å². The Balaban J connectivity index is 0.961. The first-order valence-electron chi connectivity index (χ1n) is 20.3. The number of anilines is 6. The van der Waals surface area contributed by atoms with Crippen LogP contribution in [-0.4, -0.2) is 9.97 Å². The van der Waals surface area contributed by atoms with Crippen LogP contribution in [0.3, 0.4) is 0 Å². The van der Waals surface area contributed by atoms with Crippen LogP contribution in [0.5, 0.6) is 0 Å². The minimum atomic E-state index is 0.446. The minimum absolute atomic E-state index is 0.446. The topological polar surface area (TPSA) is 71.7 Å². The second kappa shape index (κ2) is 13.0. The second-order valence-corrected chi connectivity index (χ2v) is 15.5. The maximum absolute atomic E-state index is 6.67. The maximum atomic E-state index is 6.67. The zero-order valence-corrected chi connectivity index (χ0v) is 32.5. The number of benzene rings is 9. The van der Waals surface area contributed by atoms with Gasteiger partial charge in [0.15, 0.2) is 5.82 Å². The Kier molecular flexibility index (Phi) is 7.17. The third-order valence-corrected chi connectivity index (χ3v) is 11.9. The largest absolute Gasteiger partial charge is 0.456 e. The average Bonchev–Trinajstić information content (AvgIpc) is 3.99. The Hall–Kier alpha value is -8.42. The molecule has 7 heteroatoms. The molecule has 0 saturated heterocycles. The highest BCUT2D eigenvalue weighted by Gasteiger charge is 2.22. The highest BCUT2D eigenvalue weighted by atomic mass is 16.3. The lowest BCUT2D eigenvalue weighted by atomic mass is 10.1. The molecule has 0 aliphatic carbocycles. The fourth-order valence-electron chi connectivity index (χ4n) is 8.96. The first-order chi connectivity index (χ1) is 30.2. The molecule has 7 nitrogen and oxygen atoms in total. The van der Waals surface area contributed by atoms with Gasteiger partial charge in [-0.05, 0) is 94.3 Å². The van der Waals surface area contributed by atoms with Gasteiger partial charge >= 0.3 is 0 Å². The van der Waals surface area contributed by atoms with Crippen molar-refractivity contribution in [2.45, 2.75) is 0 Å². The molecule has 0 aliphatic heterocycles. The number of fused-ring (bicyclic) bond motifs is 11. The van der Waals surface area contributed by atoms with Gasteiger partial charge in [-0.3, -0.25) is 4.90 Å². The zero-order chi connectivity index (χ0) is 40.0. The van der Waals surface area contributed by atoms with Gasteiger partial charge in [-0.1, -0.05) is 97.1 Å². The van der Waals surface area contributed by atoms with Gasteiger partial charge in [0, 0.05) is 67.9 Å². The molecule has 0 spiro atoms. The lowest BCUT2D eigenvalue weighted by molar-refractivity contribution is 0.653. The van der Waals surface area contributed by atoms with Crippen LogP contribution in [0, 0.1) is 0 Å². The van der Waals surface area contributed by atoms with Crippen LogP contribution in [0.2, 0.25) is 0 Å². The van der Waals surface area contributed by atoms with Gasteiger partial charge in [0.2, 0.25) is 5.71 Å². The summed E-state index contributed by atoms with van der Waals surface area (Å²) in [6.07, 6.45) is 1.83. The van der Waals surface area contributed by atoms with E-state index >= 15 is 0 Å². The van der Waals surface area contributed by atoms with Crippen LogP contribution in [0.1, 0.15) is 0 Å². The Labute approximate surface area is 347 Å². The molecule has 0 amide bonds. The molecule has 0 saturated carbocycles. The molecule has 13 aromatic rings. The van der Waals surface area contributed by atoms with E-state index in [0.717, 1.165) is 93.9 Å². The lowest BCUT2D eigenvalue weighted by Crippen LogP contribution is -2.12. The summed E-state index contributed by atoms with van der Waals surface area (Å²) in [5.41, 5.74) is 9.88. The van der Waals surface area contributed by atoms with Gasteiger partial charge in [0.1, 0.15) is 33.4 Å². The van der Waals surface area contributed by atoms with Gasteiger partial charge in [-0.2, -0.15) is 4.98 Å². The van der Waals surface area contributed by atoms with E-state index in [-0.39, 0.29) is 0 Å². The van der Waals surface area contributed by atoms with Crippen molar-refractivity contribution in [1.29, 1.82) is 0 Å². The summed E-state index contributed by atoms with van der Waals surface area (Å²) in [7, 11) is 0. The van der Waals surface area contributed by atoms with E-state index in [2.05, 4.69) is 161 Å². The van der Waals surface area contributed by atoms with Crippen molar-refractivity contribution in [2.24, 2.45) is 0 Å². The smallest absolute Gasteiger partial charge is 0.248 e. The summed E-state index contributed by atoms with van der Waals surface area (Å²) in [5.74, 6) is 0.620. The van der Waals surface area contributed by atoms with E-state index in [1.165, 1.54) is 5.39 Å². The Morgan fingerprint density at radius 2 is 0.754 bits per heavy atom. The Morgan fingerprint density at radius 1 is 0.328 bits per heavy atom. The monoisotopic (exact) mass is 784 g/mol. The molecule has 0 atom stereocenters. The molecule has 4 aromatic heterocycles. The fourth-order valence-corrected chi connectivity index (χ4v) is 8.96. The molecule has 0 aliphatic rings. The predicted molar refractivity (Wildman–Crippen MR) is 248 cm³/mol. The first kappa shape index (κ1) is 33.5. The van der Waals surface area contributed by atoms with E-state index in [0.29, 0.717) is 22.6 Å². The van der Waals surface area contributed by atoms with Crippen molar-refractivity contribution in [2.75, 3.05) is 9.80 Å². The van der Waals surface area contributed by atoms with Crippen molar-refractivity contribution in [3.63, 3.8) is 0 Å². The molecule has 9 aromatic carbocycles. The van der Waals surface area contributed by atoms with Gasteiger partial charge < -0.3 is 18.2 Å². The number of hydrogen-bond donors (Lipinski definition) is 0. The standard InChI is InChI=1S/C54H32N4O3/c1-3-11-35-27-37(19-17-33(35)9-1)57(39-21-24-44-42-13-5-7-15-47(42)59-49(44)29-39)40-23-26-46-51(30-40)61-54-53(46)55-32-52(56-54)58(38-20-18-34-10-2-4-12-36(34)28-38)41-22-25-45-43-14-6-8-16-48(43)60-50(45)31-41/h1-32H. The van der Waals surface area contributed by atoms with Crippen molar-refractivity contribution in [3.05, 3.63) is 194 Å². The average molecular weight is 785 g/mol. The highest BCUT2D eigenvalue weighted by molar-refractivity contribution is 6.08. The number of nitrogens with zero attached hydrogens (tertiary/aromatic N) is 4. The molecular weight excluding hydrogens is 753 g/mol. The molecule has 0 unspecified atom stereocenters. The van der Waals surface area contributed by atoms with Crippen LogP contribution >= 0.6 is 0 Å². The zero-order valence-electron chi connectivity index (χ0n) is 32.5. The second-order valence-electron chi connectivity index (χ2n) is 15.5. The van der Waals surface area contributed by atoms with E-state index in [9.17, 15) is 0 Å². The molecule has 4 heterocycles. The van der Waals surface area contributed by atoms with Crippen LogP contribution in [0.4, 0.5) is 34.3 Å². The van der Waals surface area contributed by atoms with Crippen molar-refractivity contribution >= 4 is 122 Å². The Bertz CT molecular complexity index is 3630. The number of furan rings is 3. The first-order valence-corrected chi connectivity index (χ1v) is 20.3. The number of aromatic nitrogens is 2. The third-order valence-electron chi connectivity index (χ3n) is 11.9. The molecule has 286 valence electrons. The summed E-state index contributed by atoms with van der Waals surface area (Å²) >= 11 is 0. The van der Waals surface area contributed by atoms with Crippen molar-refractivity contribution in [1.82, 2.24) is 9.97 Å². The SMILES string of the molecule is c1ccc2cc(N(c3ccc4c(c3)oc3ccccc34)c3ccc4c(c3)oc3nc(N(c5ccc6ccccc6c5)c5ccc6c(c5)oc5ccccc56)cnc34)ccc2c1. The Morgan fingerprint density at radius 3 is 1.34 bits per heavy atom. The fraction of sp³-hybridized carbons (Fsp3) is 0. The van der Waals surface area contributed by atoms with Gasteiger partial charge in [-0.25, -0.2) is 4.98 Å². The summed E-state index contributed by atoms with van der Waals surface area (Å²) in [5, 5.41) is 9.80. The van der Waals surface area contributed by atoms with E-state index in [4.69, 9.17) is 23.2 Å². The molecular formula is C54H32N4O3. The molecule has 0 radical (unpaired) electrons. The minimum Gasteiger partial charge on any atom is -0.456 e. The third kappa shape index (κ3) is 5.38. The van der Waals surface area contributed by atoms with E-state index in [1.54, 1.807) is 0 Å². The predicted octanol–water partition coefficient (Wildman–Crippen LogP) is 15.4. The van der Waals surface area contributed by atoms with E-state index < -0.39 is 0 Å². The number of hydrogen-bond acceptors (Lipinski definition) is 7. The normalized spacial score (nSPS) is 11.9. The van der Waals surface area contributed by atoms with Crippen LogP contribution in [0.15, 0.2) is 208 Å². The van der Waals surface area contributed by atoms with E-state index in [1.807, 2.05) is 42.6 Å². The molecule has 13 rings (SSSR count). The highest BCUT2D eigenvalue weighted by Crippen LogP contribution is 2.43. The molecule has 0 fully saturated rings. The van der Waals surface area contributed by atoms with Crippen LogP contribution in [0.25, 0.3) is 87.6 Å². The quantitative estimate of drug-likeness (QED) is 0.166. The summed E-state index contributed by atoms with van der Waals surface area (Å²) in [6.45, 7) is 0. The number of rotatable bonds is 6. The van der Waals surface area contributed by atoms with Gasteiger partial charge in [-0.15, -0.1) is 0 Å².